The van der Waals surface area contributed by atoms with Crippen molar-refractivity contribution < 1.29 is 9.21 Å². The van der Waals surface area contributed by atoms with Gasteiger partial charge in [0.25, 0.3) is 0 Å². The third-order valence-corrected chi connectivity index (χ3v) is 4.41. The zero-order valence-corrected chi connectivity index (χ0v) is 14.7. The number of benzene rings is 3. The minimum Gasteiger partial charge on any atom is -0.456 e. The molecule has 4 aromatic rings. The molecule has 27 heavy (non-hydrogen) atoms. The van der Waals surface area contributed by atoms with Crippen molar-refractivity contribution in [1.29, 1.82) is 5.26 Å². The Bertz CT molecular complexity index is 1190. The number of nitriles is 1. The molecule has 5 heteroatoms. The van der Waals surface area contributed by atoms with Crippen LogP contribution in [-0.2, 0) is 4.79 Å². The van der Waals surface area contributed by atoms with Gasteiger partial charge in [-0.05, 0) is 49.4 Å². The summed E-state index contributed by atoms with van der Waals surface area (Å²) in [6, 6.07) is 22.1. The second kappa shape index (κ2) is 6.85. The molecular weight excluding hydrogens is 338 g/mol. The Morgan fingerprint density at radius 1 is 0.963 bits per heavy atom. The molecule has 1 aromatic heterocycles. The largest absolute Gasteiger partial charge is 0.456 e. The van der Waals surface area contributed by atoms with Gasteiger partial charge in [-0.2, -0.15) is 5.26 Å². The number of carbonyl (C=O) groups excluding carboxylic acids is 1. The van der Waals surface area contributed by atoms with Crippen molar-refractivity contribution >= 4 is 39.2 Å². The molecule has 0 aliphatic rings. The summed E-state index contributed by atoms with van der Waals surface area (Å²) in [6.07, 6.45) is 0. The van der Waals surface area contributed by atoms with E-state index >= 15 is 0 Å². The molecule has 132 valence electrons. The highest BCUT2D eigenvalue weighted by molar-refractivity contribution is 6.06. The van der Waals surface area contributed by atoms with Gasteiger partial charge in [0.05, 0.1) is 11.6 Å². The Balaban J connectivity index is 1.53. The first kappa shape index (κ1) is 16.7. The lowest BCUT2D eigenvalue weighted by molar-refractivity contribution is -0.116. The molecule has 2 N–H and O–H groups in total. The minimum absolute atomic E-state index is 0.178. The van der Waals surface area contributed by atoms with E-state index < -0.39 is 6.04 Å². The highest BCUT2D eigenvalue weighted by Crippen LogP contribution is 2.30. The van der Waals surface area contributed by atoms with E-state index in [2.05, 4.69) is 16.7 Å². The summed E-state index contributed by atoms with van der Waals surface area (Å²) in [5.74, 6) is -0.178. The Morgan fingerprint density at radius 2 is 1.78 bits per heavy atom. The molecule has 3 aromatic carbocycles. The first-order valence-electron chi connectivity index (χ1n) is 8.63. The fourth-order valence-corrected chi connectivity index (χ4v) is 3.05. The quantitative estimate of drug-likeness (QED) is 0.546. The number of carbonyl (C=O) groups is 1. The maximum atomic E-state index is 12.5. The molecule has 0 saturated heterocycles. The Morgan fingerprint density at radius 3 is 2.63 bits per heavy atom. The third-order valence-electron chi connectivity index (χ3n) is 4.41. The smallest absolute Gasteiger partial charge is 0.246 e. The molecule has 0 radical (unpaired) electrons. The standard InChI is InChI=1S/C22H17N3O2/c1-14(22(26)25-16-6-4-5-15(11-16)13-23)24-17-9-10-21-19(12-17)18-7-2-3-8-20(18)27-21/h2-12,14,24H,1H3,(H,25,26)/t14-/m1/s1. The molecule has 0 fully saturated rings. The van der Waals surface area contributed by atoms with Gasteiger partial charge in [-0.3, -0.25) is 4.79 Å². The first-order chi connectivity index (χ1) is 13.1. The number of anilines is 2. The topological polar surface area (TPSA) is 78.1 Å². The van der Waals surface area contributed by atoms with E-state index in [9.17, 15) is 4.79 Å². The summed E-state index contributed by atoms with van der Waals surface area (Å²) in [5, 5.41) is 17.1. The van der Waals surface area contributed by atoms with Gasteiger partial charge in [0.15, 0.2) is 0 Å². The number of rotatable bonds is 4. The van der Waals surface area contributed by atoms with E-state index in [1.54, 1.807) is 31.2 Å². The molecule has 0 unspecified atom stereocenters. The van der Waals surface area contributed by atoms with Crippen molar-refractivity contribution in [3.05, 3.63) is 72.3 Å². The van der Waals surface area contributed by atoms with Gasteiger partial charge >= 0.3 is 0 Å². The van der Waals surface area contributed by atoms with E-state index in [-0.39, 0.29) is 5.91 Å². The average molecular weight is 355 g/mol. The van der Waals surface area contributed by atoms with E-state index in [0.717, 1.165) is 27.6 Å². The zero-order valence-electron chi connectivity index (χ0n) is 14.7. The molecule has 0 saturated carbocycles. The Hall–Kier alpha value is -3.78. The van der Waals surface area contributed by atoms with Crippen molar-refractivity contribution in [1.82, 2.24) is 0 Å². The van der Waals surface area contributed by atoms with Gasteiger partial charge in [-0.25, -0.2) is 0 Å². The lowest BCUT2D eigenvalue weighted by Crippen LogP contribution is -2.31. The van der Waals surface area contributed by atoms with Gasteiger partial charge in [-0.15, -0.1) is 0 Å². The van der Waals surface area contributed by atoms with E-state index in [1.165, 1.54) is 0 Å². The lowest BCUT2D eigenvalue weighted by Gasteiger charge is -2.15. The first-order valence-corrected chi connectivity index (χ1v) is 8.63. The average Bonchev–Trinajstić information content (AvgIpc) is 3.06. The fourth-order valence-electron chi connectivity index (χ4n) is 3.05. The van der Waals surface area contributed by atoms with Gasteiger partial charge in [0.1, 0.15) is 17.2 Å². The predicted octanol–water partition coefficient (Wildman–Crippen LogP) is 4.90. The Labute approximate surface area is 156 Å². The molecule has 1 atom stereocenters. The van der Waals surface area contributed by atoms with Crippen LogP contribution in [0.2, 0.25) is 0 Å². The number of nitrogens with zero attached hydrogens (tertiary/aromatic N) is 1. The number of hydrogen-bond acceptors (Lipinski definition) is 4. The molecule has 0 aliphatic carbocycles. The van der Waals surface area contributed by atoms with E-state index in [0.29, 0.717) is 11.3 Å². The highest BCUT2D eigenvalue weighted by atomic mass is 16.3. The number of furan rings is 1. The van der Waals surface area contributed by atoms with Crippen LogP contribution in [0.3, 0.4) is 0 Å². The van der Waals surface area contributed by atoms with Gasteiger partial charge < -0.3 is 15.1 Å². The van der Waals surface area contributed by atoms with Crippen LogP contribution in [0.4, 0.5) is 11.4 Å². The summed E-state index contributed by atoms with van der Waals surface area (Å²) in [5.41, 5.74) is 3.59. The van der Waals surface area contributed by atoms with Crippen molar-refractivity contribution in [3.63, 3.8) is 0 Å². The predicted molar refractivity (Wildman–Crippen MR) is 107 cm³/mol. The molecule has 0 spiro atoms. The van der Waals surface area contributed by atoms with Crippen molar-refractivity contribution in [2.75, 3.05) is 10.6 Å². The molecule has 1 heterocycles. The van der Waals surface area contributed by atoms with Crippen molar-refractivity contribution in [2.24, 2.45) is 0 Å². The third kappa shape index (κ3) is 3.33. The normalized spacial score (nSPS) is 11.9. The van der Waals surface area contributed by atoms with Crippen LogP contribution in [-0.4, -0.2) is 11.9 Å². The van der Waals surface area contributed by atoms with Gasteiger partial charge in [-0.1, -0.05) is 24.3 Å². The fraction of sp³-hybridized carbons (Fsp3) is 0.0909. The van der Waals surface area contributed by atoms with Crippen molar-refractivity contribution in [3.8, 4) is 6.07 Å². The second-order valence-electron chi connectivity index (χ2n) is 6.36. The van der Waals surface area contributed by atoms with E-state index in [1.807, 2.05) is 42.5 Å². The van der Waals surface area contributed by atoms with Crippen LogP contribution in [0.25, 0.3) is 21.9 Å². The highest BCUT2D eigenvalue weighted by Gasteiger charge is 2.14. The van der Waals surface area contributed by atoms with Gasteiger partial charge in [0.2, 0.25) is 5.91 Å². The number of nitrogens with one attached hydrogen (secondary N) is 2. The molecular formula is C22H17N3O2. The number of amides is 1. The Kier molecular flexibility index (Phi) is 4.23. The lowest BCUT2D eigenvalue weighted by atomic mass is 10.1. The summed E-state index contributed by atoms with van der Waals surface area (Å²) in [4.78, 5) is 12.5. The summed E-state index contributed by atoms with van der Waals surface area (Å²) in [7, 11) is 0. The SMILES string of the molecule is C[C@@H](Nc1ccc2oc3ccccc3c2c1)C(=O)Nc1cccc(C#N)c1. The second-order valence-corrected chi connectivity index (χ2v) is 6.36. The molecule has 4 rings (SSSR count). The molecule has 0 bridgehead atoms. The van der Waals surface area contributed by atoms with Crippen LogP contribution >= 0.6 is 0 Å². The zero-order chi connectivity index (χ0) is 18.8. The van der Waals surface area contributed by atoms with Gasteiger partial charge in [0, 0.05) is 22.1 Å². The van der Waals surface area contributed by atoms with Crippen LogP contribution in [0.15, 0.2) is 71.1 Å². The van der Waals surface area contributed by atoms with Crippen LogP contribution in [0.1, 0.15) is 12.5 Å². The van der Waals surface area contributed by atoms with Crippen LogP contribution < -0.4 is 10.6 Å². The molecule has 5 nitrogen and oxygen atoms in total. The van der Waals surface area contributed by atoms with Crippen LogP contribution in [0.5, 0.6) is 0 Å². The monoisotopic (exact) mass is 355 g/mol. The number of fused-ring (bicyclic) bond motifs is 3. The maximum absolute atomic E-state index is 12.5. The maximum Gasteiger partial charge on any atom is 0.246 e. The molecule has 1 amide bonds. The van der Waals surface area contributed by atoms with Crippen molar-refractivity contribution in [2.45, 2.75) is 13.0 Å². The molecule has 0 aliphatic heterocycles. The van der Waals surface area contributed by atoms with Crippen LogP contribution in [0, 0.1) is 11.3 Å². The van der Waals surface area contributed by atoms with E-state index in [4.69, 9.17) is 9.68 Å². The summed E-state index contributed by atoms with van der Waals surface area (Å²) in [6.45, 7) is 1.79. The number of hydrogen-bond donors (Lipinski definition) is 2. The minimum atomic E-state index is -0.452. The summed E-state index contributed by atoms with van der Waals surface area (Å²) < 4.78 is 5.83. The summed E-state index contributed by atoms with van der Waals surface area (Å²) >= 11 is 0. The number of para-hydroxylation sites is 1.